The van der Waals surface area contributed by atoms with Crippen molar-refractivity contribution in [2.45, 2.75) is 12.8 Å². The van der Waals surface area contributed by atoms with Crippen LogP contribution in [0.2, 0.25) is 5.02 Å². The number of carbonyl (C=O) groups excluding carboxylic acids is 3. The maximum Gasteiger partial charge on any atom is 0.344 e. The Bertz CT molecular complexity index is 880. The van der Waals surface area contributed by atoms with Crippen LogP contribution in [-0.2, 0) is 14.3 Å². The third-order valence-corrected chi connectivity index (χ3v) is 4.24. The number of ketones is 1. The van der Waals surface area contributed by atoms with Crippen molar-refractivity contribution in [2.24, 2.45) is 0 Å². The second kappa shape index (κ2) is 7.58. The number of nitrogens with one attached hydrogen (secondary N) is 1. The molecular weight excluding hydrogens is 358 g/mol. The van der Waals surface area contributed by atoms with Gasteiger partial charge in [0.2, 0.25) is 5.91 Å². The van der Waals surface area contributed by atoms with Gasteiger partial charge in [0.15, 0.2) is 19.0 Å². The summed E-state index contributed by atoms with van der Waals surface area (Å²) in [6, 6.07) is 11.5. The highest BCUT2D eigenvalue weighted by Crippen LogP contribution is 2.32. The molecule has 0 aliphatic carbocycles. The highest BCUT2D eigenvalue weighted by atomic mass is 35.5. The summed E-state index contributed by atoms with van der Waals surface area (Å²) in [6.07, 6.45) is 0. The van der Waals surface area contributed by atoms with Crippen LogP contribution in [-0.4, -0.2) is 30.9 Å². The fourth-order valence-corrected chi connectivity index (χ4v) is 2.74. The smallest absolute Gasteiger partial charge is 0.344 e. The van der Waals surface area contributed by atoms with E-state index in [1.54, 1.807) is 49.4 Å². The van der Waals surface area contributed by atoms with Crippen LogP contribution < -0.4 is 10.1 Å². The molecule has 0 saturated carbocycles. The van der Waals surface area contributed by atoms with Crippen LogP contribution in [0.3, 0.4) is 0 Å². The number of amides is 1. The SMILES string of the molecule is C[C@H]1C(=O)Nc2ccc(C(=O)COC(=O)COc3cccc(Cl)c3)cc21. The number of rotatable bonds is 6. The Morgan fingerprint density at radius 1 is 1.15 bits per heavy atom. The van der Waals surface area contributed by atoms with Gasteiger partial charge in [0, 0.05) is 16.3 Å². The average Bonchev–Trinajstić information content (AvgIpc) is 2.91. The van der Waals surface area contributed by atoms with Gasteiger partial charge in [0.25, 0.3) is 0 Å². The van der Waals surface area contributed by atoms with Crippen LogP contribution in [0.1, 0.15) is 28.8 Å². The summed E-state index contributed by atoms with van der Waals surface area (Å²) in [5.41, 5.74) is 1.85. The van der Waals surface area contributed by atoms with Gasteiger partial charge in [-0.3, -0.25) is 9.59 Å². The van der Waals surface area contributed by atoms with Crippen molar-refractivity contribution in [2.75, 3.05) is 18.5 Å². The van der Waals surface area contributed by atoms with E-state index in [4.69, 9.17) is 21.1 Å². The summed E-state index contributed by atoms with van der Waals surface area (Å²) in [5, 5.41) is 3.23. The lowest BCUT2D eigenvalue weighted by atomic mass is 9.99. The molecule has 6 nitrogen and oxygen atoms in total. The van der Waals surface area contributed by atoms with E-state index in [1.165, 1.54) is 0 Å². The van der Waals surface area contributed by atoms with Gasteiger partial charge in [0.05, 0.1) is 5.92 Å². The lowest BCUT2D eigenvalue weighted by molar-refractivity contribution is -0.144. The first kappa shape index (κ1) is 17.9. The summed E-state index contributed by atoms with van der Waals surface area (Å²) >= 11 is 5.82. The Kier molecular flexibility index (Phi) is 5.23. The van der Waals surface area contributed by atoms with Gasteiger partial charge in [-0.15, -0.1) is 0 Å². The molecule has 26 heavy (non-hydrogen) atoms. The molecule has 0 fully saturated rings. The second-order valence-corrected chi connectivity index (χ2v) is 6.28. The zero-order chi connectivity index (χ0) is 18.7. The molecule has 7 heteroatoms. The van der Waals surface area contributed by atoms with Crippen LogP contribution in [0.25, 0.3) is 0 Å². The molecule has 0 aromatic heterocycles. The van der Waals surface area contributed by atoms with Crippen LogP contribution >= 0.6 is 11.6 Å². The average molecular weight is 374 g/mol. The molecule has 1 amide bonds. The number of halogens is 1. The van der Waals surface area contributed by atoms with Crippen molar-refractivity contribution in [3.63, 3.8) is 0 Å². The molecule has 0 saturated heterocycles. The number of Topliss-reactive ketones (excluding diaryl/α,β-unsaturated/α-hetero) is 1. The topological polar surface area (TPSA) is 81.7 Å². The normalized spacial score (nSPS) is 15.2. The first-order valence-electron chi connectivity index (χ1n) is 7.96. The molecule has 0 bridgehead atoms. The van der Waals surface area contributed by atoms with Crippen molar-refractivity contribution < 1.29 is 23.9 Å². The summed E-state index contributed by atoms with van der Waals surface area (Å²) in [5.74, 6) is -0.994. The van der Waals surface area contributed by atoms with Crippen molar-refractivity contribution in [1.82, 2.24) is 0 Å². The minimum Gasteiger partial charge on any atom is -0.482 e. The number of fused-ring (bicyclic) bond motifs is 1. The largest absolute Gasteiger partial charge is 0.482 e. The highest BCUT2D eigenvalue weighted by molar-refractivity contribution is 6.30. The van der Waals surface area contributed by atoms with Crippen molar-refractivity contribution in [1.29, 1.82) is 0 Å². The monoisotopic (exact) mass is 373 g/mol. The predicted molar refractivity (Wildman–Crippen MR) is 95.7 cm³/mol. The van der Waals surface area contributed by atoms with Crippen LogP contribution in [0, 0.1) is 0 Å². The maximum atomic E-state index is 12.2. The number of anilines is 1. The van der Waals surface area contributed by atoms with Gasteiger partial charge < -0.3 is 14.8 Å². The molecule has 0 spiro atoms. The summed E-state index contributed by atoms with van der Waals surface area (Å²) < 4.78 is 10.2. The Labute approximate surface area is 155 Å². The van der Waals surface area contributed by atoms with E-state index in [0.717, 1.165) is 5.56 Å². The summed E-state index contributed by atoms with van der Waals surface area (Å²) in [6.45, 7) is 1.04. The molecule has 1 N–H and O–H groups in total. The van der Waals surface area contributed by atoms with E-state index in [2.05, 4.69) is 5.32 Å². The molecule has 3 rings (SSSR count). The second-order valence-electron chi connectivity index (χ2n) is 5.84. The van der Waals surface area contributed by atoms with Gasteiger partial charge in [-0.2, -0.15) is 0 Å². The maximum absolute atomic E-state index is 12.2. The van der Waals surface area contributed by atoms with Gasteiger partial charge in [-0.1, -0.05) is 17.7 Å². The molecule has 2 aromatic rings. The van der Waals surface area contributed by atoms with Gasteiger partial charge >= 0.3 is 5.97 Å². The number of hydrogen-bond donors (Lipinski definition) is 1. The summed E-state index contributed by atoms with van der Waals surface area (Å²) in [4.78, 5) is 35.6. The van der Waals surface area contributed by atoms with Gasteiger partial charge in [0.1, 0.15) is 5.75 Å². The van der Waals surface area contributed by atoms with Crippen molar-refractivity contribution in [3.05, 3.63) is 58.6 Å². The van der Waals surface area contributed by atoms with Crippen LogP contribution in [0.15, 0.2) is 42.5 Å². The zero-order valence-corrected chi connectivity index (χ0v) is 14.7. The predicted octanol–water partition coefficient (Wildman–Crippen LogP) is 3.20. The molecule has 1 aliphatic heterocycles. The van der Waals surface area contributed by atoms with Gasteiger partial charge in [-0.25, -0.2) is 4.79 Å². The van der Waals surface area contributed by atoms with E-state index in [1.807, 2.05) is 0 Å². The molecule has 1 atom stereocenters. The third kappa shape index (κ3) is 4.03. The number of benzene rings is 2. The van der Waals surface area contributed by atoms with E-state index >= 15 is 0 Å². The molecular formula is C19H16ClNO5. The van der Waals surface area contributed by atoms with E-state index < -0.39 is 12.6 Å². The minimum atomic E-state index is -0.662. The Balaban J connectivity index is 1.53. The van der Waals surface area contributed by atoms with Gasteiger partial charge in [-0.05, 0) is 48.9 Å². The highest BCUT2D eigenvalue weighted by Gasteiger charge is 2.27. The third-order valence-electron chi connectivity index (χ3n) is 4.01. The van der Waals surface area contributed by atoms with E-state index in [0.29, 0.717) is 22.0 Å². The number of esters is 1. The molecule has 1 heterocycles. The molecule has 0 unspecified atom stereocenters. The molecule has 0 radical (unpaired) electrons. The Morgan fingerprint density at radius 3 is 2.73 bits per heavy atom. The fourth-order valence-electron chi connectivity index (χ4n) is 2.56. The van der Waals surface area contributed by atoms with E-state index in [-0.39, 0.29) is 24.2 Å². The molecule has 134 valence electrons. The Morgan fingerprint density at radius 2 is 1.96 bits per heavy atom. The fraction of sp³-hybridized carbons (Fsp3) is 0.211. The van der Waals surface area contributed by atoms with Crippen molar-refractivity contribution >= 4 is 34.9 Å². The number of ether oxygens (including phenoxy) is 2. The van der Waals surface area contributed by atoms with Crippen LogP contribution in [0.4, 0.5) is 5.69 Å². The first-order valence-corrected chi connectivity index (χ1v) is 8.34. The standard InChI is InChI=1S/C19H16ClNO5/c1-11-15-7-12(5-6-16(15)21-19(11)24)17(22)9-26-18(23)10-25-14-4-2-3-13(20)8-14/h2-8,11H,9-10H2,1H3,(H,21,24)/t11-/m1/s1. The van der Waals surface area contributed by atoms with Crippen molar-refractivity contribution in [3.8, 4) is 5.75 Å². The number of hydrogen-bond acceptors (Lipinski definition) is 5. The quantitative estimate of drug-likeness (QED) is 0.621. The first-order chi connectivity index (χ1) is 12.4. The lowest BCUT2D eigenvalue weighted by Gasteiger charge is -2.08. The van der Waals surface area contributed by atoms with Crippen LogP contribution in [0.5, 0.6) is 5.75 Å². The number of carbonyl (C=O) groups is 3. The zero-order valence-electron chi connectivity index (χ0n) is 14.0. The van der Waals surface area contributed by atoms with E-state index in [9.17, 15) is 14.4 Å². The molecule has 2 aromatic carbocycles. The molecule has 1 aliphatic rings. The minimum absolute atomic E-state index is 0.103. The Hall–Kier alpha value is -2.86. The summed E-state index contributed by atoms with van der Waals surface area (Å²) in [7, 11) is 0. The lowest BCUT2D eigenvalue weighted by Crippen LogP contribution is -2.19.